The molecule has 1 aromatic carbocycles. The van der Waals surface area contributed by atoms with E-state index in [0.29, 0.717) is 5.25 Å². The van der Waals surface area contributed by atoms with Crippen LogP contribution in [0, 0.1) is 10.1 Å². The molecule has 0 aliphatic carbocycles. The van der Waals surface area contributed by atoms with Crippen molar-refractivity contribution in [3.63, 3.8) is 0 Å². The summed E-state index contributed by atoms with van der Waals surface area (Å²) in [5.41, 5.74) is 0.168. The topological polar surface area (TPSA) is 59.8 Å². The lowest BCUT2D eigenvalue weighted by Crippen LogP contribution is -2.86. The number of piperidine rings is 1. The molecule has 0 bridgehead atoms. The first-order chi connectivity index (χ1) is 7.75. The van der Waals surface area contributed by atoms with E-state index < -0.39 is 0 Å². The van der Waals surface area contributed by atoms with Gasteiger partial charge in [-0.1, -0.05) is 0 Å². The Morgan fingerprint density at radius 3 is 2.44 bits per heavy atom. The molecule has 0 aromatic heterocycles. The molecule has 1 aromatic rings. The predicted octanol–water partition coefficient (Wildman–Crippen LogP) is 1.41. The van der Waals surface area contributed by atoms with E-state index in [1.807, 2.05) is 23.9 Å². The van der Waals surface area contributed by atoms with E-state index in [0.717, 1.165) is 4.90 Å². The third-order valence-corrected chi connectivity index (χ3v) is 4.08. The first kappa shape index (κ1) is 11.4. The Morgan fingerprint density at radius 2 is 1.88 bits per heavy atom. The summed E-state index contributed by atoms with van der Waals surface area (Å²) in [6.07, 6.45) is 2.45. The molecule has 2 rings (SSSR count). The fourth-order valence-electron chi connectivity index (χ4n) is 1.85. The normalized spacial score (nSPS) is 17.2. The summed E-state index contributed by atoms with van der Waals surface area (Å²) in [6, 6.07) is 6.86. The van der Waals surface area contributed by atoms with Crippen molar-refractivity contribution in [3.8, 4) is 0 Å². The summed E-state index contributed by atoms with van der Waals surface area (Å²) < 4.78 is 0. The van der Waals surface area contributed by atoms with Gasteiger partial charge in [0.05, 0.1) is 18.0 Å². The summed E-state index contributed by atoms with van der Waals surface area (Å²) in [6.45, 7) is 2.40. The second-order valence-corrected chi connectivity index (χ2v) is 5.31. The molecule has 0 spiro atoms. The lowest BCUT2D eigenvalue weighted by atomic mass is 10.2. The van der Waals surface area contributed by atoms with Gasteiger partial charge in [-0.3, -0.25) is 10.1 Å². The summed E-state index contributed by atoms with van der Waals surface area (Å²) in [7, 11) is 0. The Balaban J connectivity index is 1.96. The number of quaternary nitrogens is 1. The highest BCUT2D eigenvalue weighted by atomic mass is 32.2. The lowest BCUT2D eigenvalue weighted by molar-refractivity contribution is -0.661. The van der Waals surface area contributed by atoms with Crippen LogP contribution in [-0.2, 0) is 0 Å². The molecule has 0 atom stereocenters. The van der Waals surface area contributed by atoms with Gasteiger partial charge >= 0.3 is 0 Å². The van der Waals surface area contributed by atoms with Crippen molar-refractivity contribution < 1.29 is 10.2 Å². The number of benzene rings is 1. The van der Waals surface area contributed by atoms with Crippen LogP contribution in [0.3, 0.4) is 0 Å². The van der Waals surface area contributed by atoms with Crippen molar-refractivity contribution >= 4 is 17.4 Å². The van der Waals surface area contributed by atoms with E-state index in [2.05, 4.69) is 5.32 Å². The zero-order valence-electron chi connectivity index (χ0n) is 8.96. The number of hydrogen-bond acceptors (Lipinski definition) is 3. The number of nitro benzene ring substituents is 1. The van der Waals surface area contributed by atoms with Gasteiger partial charge < -0.3 is 5.32 Å². The standard InChI is InChI=1S/C11H14N2O2S/c14-13(15)9-1-3-10(4-2-9)16-11-5-7-12-8-6-11/h1-4,11-12H,5-8H2/p+1. The Morgan fingerprint density at radius 1 is 1.25 bits per heavy atom. The number of rotatable bonds is 3. The van der Waals surface area contributed by atoms with Crippen LogP contribution in [0.15, 0.2) is 29.2 Å². The Bertz CT molecular complexity index is 361. The van der Waals surface area contributed by atoms with Gasteiger partial charge in [-0.25, -0.2) is 0 Å². The van der Waals surface area contributed by atoms with Crippen LogP contribution < -0.4 is 5.32 Å². The quantitative estimate of drug-likeness (QED) is 0.641. The highest BCUT2D eigenvalue weighted by Crippen LogP contribution is 2.28. The summed E-state index contributed by atoms with van der Waals surface area (Å²) in [5.74, 6) is 0. The van der Waals surface area contributed by atoms with E-state index in [9.17, 15) is 10.1 Å². The molecule has 5 heteroatoms. The molecule has 1 aliphatic heterocycles. The zero-order chi connectivity index (χ0) is 11.4. The van der Waals surface area contributed by atoms with Gasteiger partial charge in [0, 0.05) is 35.1 Å². The minimum Gasteiger partial charge on any atom is -0.346 e. The van der Waals surface area contributed by atoms with Crippen LogP contribution in [0.2, 0.25) is 0 Å². The van der Waals surface area contributed by atoms with Gasteiger partial charge in [0.2, 0.25) is 0 Å². The van der Waals surface area contributed by atoms with Gasteiger partial charge in [0.15, 0.2) is 0 Å². The van der Waals surface area contributed by atoms with Gasteiger partial charge in [-0.2, -0.15) is 0 Å². The van der Waals surface area contributed by atoms with E-state index in [1.165, 1.54) is 25.9 Å². The first-order valence-electron chi connectivity index (χ1n) is 5.48. The summed E-state index contributed by atoms with van der Waals surface area (Å²) in [5, 5.41) is 13.5. The van der Waals surface area contributed by atoms with Crippen LogP contribution in [0.1, 0.15) is 12.8 Å². The summed E-state index contributed by atoms with van der Waals surface area (Å²) >= 11 is 1.84. The minimum absolute atomic E-state index is 0.168. The molecule has 1 heterocycles. The smallest absolute Gasteiger partial charge is 0.269 e. The second kappa shape index (κ2) is 5.32. The molecule has 0 radical (unpaired) electrons. The molecule has 1 aliphatic rings. The Kier molecular flexibility index (Phi) is 3.79. The average molecular weight is 239 g/mol. The number of nitrogens with zero attached hydrogens (tertiary/aromatic N) is 1. The zero-order valence-corrected chi connectivity index (χ0v) is 9.78. The van der Waals surface area contributed by atoms with Crippen LogP contribution in [0.4, 0.5) is 5.69 Å². The molecule has 0 unspecified atom stereocenters. The van der Waals surface area contributed by atoms with Crippen LogP contribution in [-0.4, -0.2) is 23.3 Å². The molecule has 86 valence electrons. The molecule has 0 saturated carbocycles. The molecule has 16 heavy (non-hydrogen) atoms. The van der Waals surface area contributed by atoms with E-state index in [-0.39, 0.29) is 10.6 Å². The summed E-state index contributed by atoms with van der Waals surface area (Å²) in [4.78, 5) is 11.3. The maximum Gasteiger partial charge on any atom is 0.269 e. The molecule has 1 saturated heterocycles. The lowest BCUT2D eigenvalue weighted by Gasteiger charge is -2.19. The first-order valence-corrected chi connectivity index (χ1v) is 6.36. The highest BCUT2D eigenvalue weighted by molar-refractivity contribution is 8.00. The van der Waals surface area contributed by atoms with Crippen molar-refractivity contribution in [2.24, 2.45) is 0 Å². The fraction of sp³-hybridized carbons (Fsp3) is 0.455. The maximum absolute atomic E-state index is 10.5. The van der Waals surface area contributed by atoms with Crippen LogP contribution in [0.25, 0.3) is 0 Å². The predicted molar refractivity (Wildman–Crippen MR) is 63.6 cm³/mol. The van der Waals surface area contributed by atoms with Crippen molar-refractivity contribution in [3.05, 3.63) is 34.4 Å². The third kappa shape index (κ3) is 2.96. The molecular formula is C11H15N2O2S+. The molecule has 0 amide bonds. The third-order valence-electron chi connectivity index (χ3n) is 2.74. The number of thioether (sulfide) groups is 1. The maximum atomic E-state index is 10.5. The molecule has 2 N–H and O–H groups in total. The number of nitro groups is 1. The molecule has 1 fully saturated rings. The second-order valence-electron chi connectivity index (χ2n) is 3.93. The van der Waals surface area contributed by atoms with Gasteiger partial charge in [-0.05, 0) is 12.1 Å². The largest absolute Gasteiger partial charge is 0.346 e. The van der Waals surface area contributed by atoms with E-state index >= 15 is 0 Å². The van der Waals surface area contributed by atoms with Crippen LogP contribution in [0.5, 0.6) is 0 Å². The van der Waals surface area contributed by atoms with Crippen molar-refractivity contribution in [2.75, 3.05) is 13.1 Å². The van der Waals surface area contributed by atoms with Gasteiger partial charge in [0.1, 0.15) is 0 Å². The number of hydrogen-bond donors (Lipinski definition) is 1. The Hall–Kier alpha value is -1.07. The van der Waals surface area contributed by atoms with Crippen molar-refractivity contribution in [1.29, 1.82) is 0 Å². The number of non-ortho nitro benzene ring substituents is 1. The monoisotopic (exact) mass is 239 g/mol. The van der Waals surface area contributed by atoms with Crippen molar-refractivity contribution in [1.82, 2.24) is 0 Å². The highest BCUT2D eigenvalue weighted by Gasteiger charge is 2.16. The minimum atomic E-state index is -0.357. The van der Waals surface area contributed by atoms with Gasteiger partial charge in [-0.15, -0.1) is 11.8 Å². The van der Waals surface area contributed by atoms with Crippen LogP contribution >= 0.6 is 11.8 Å². The fourth-order valence-corrected chi connectivity index (χ4v) is 3.04. The molecule has 4 nitrogen and oxygen atoms in total. The average Bonchev–Trinajstić information content (AvgIpc) is 2.31. The Labute approximate surface area is 98.6 Å². The van der Waals surface area contributed by atoms with E-state index in [1.54, 1.807) is 12.1 Å². The SMILES string of the molecule is O=[N+]([O-])c1ccc(SC2CC[NH2+]CC2)cc1. The molecular weight excluding hydrogens is 224 g/mol. The van der Waals surface area contributed by atoms with Gasteiger partial charge in [0.25, 0.3) is 5.69 Å². The number of nitrogens with two attached hydrogens (primary N) is 1. The van der Waals surface area contributed by atoms with Crippen molar-refractivity contribution in [2.45, 2.75) is 23.0 Å². The van der Waals surface area contributed by atoms with E-state index in [4.69, 9.17) is 0 Å².